The van der Waals surface area contributed by atoms with Gasteiger partial charge in [-0.1, -0.05) is 55.8 Å². The molecular formula is C32H36N4O5. The van der Waals surface area contributed by atoms with Crippen molar-refractivity contribution in [1.82, 2.24) is 10.2 Å². The summed E-state index contributed by atoms with van der Waals surface area (Å²) in [6.07, 6.45) is 1.66. The molecule has 0 saturated heterocycles. The number of rotatable bonds is 11. The fraction of sp³-hybridized carbons (Fsp3) is 0.281. The average Bonchev–Trinajstić information content (AvgIpc) is 2.98. The normalized spacial score (nSPS) is 14.8. The number of nitrogens with zero attached hydrogens (tertiary/aromatic N) is 1. The SMILES string of the molecule is CCCCN1C(=O)NC(c2cccc(NC(=O)Nc3ccc(OCC)cc3)c2)C(C(=O)OCC)=C1c1ccccc1. The van der Waals surface area contributed by atoms with E-state index in [0.29, 0.717) is 47.1 Å². The van der Waals surface area contributed by atoms with Crippen LogP contribution in [0.1, 0.15) is 50.8 Å². The first-order chi connectivity index (χ1) is 19.9. The average molecular weight is 557 g/mol. The van der Waals surface area contributed by atoms with E-state index in [9.17, 15) is 14.4 Å². The summed E-state index contributed by atoms with van der Waals surface area (Å²) in [6.45, 7) is 6.90. The predicted octanol–water partition coefficient (Wildman–Crippen LogP) is 6.57. The number of carbonyl (C=O) groups excluding carboxylic acids is 3. The Bertz CT molecular complexity index is 1390. The van der Waals surface area contributed by atoms with Gasteiger partial charge in [-0.3, -0.25) is 4.90 Å². The van der Waals surface area contributed by atoms with E-state index in [4.69, 9.17) is 9.47 Å². The van der Waals surface area contributed by atoms with Crippen molar-refractivity contribution in [2.24, 2.45) is 0 Å². The van der Waals surface area contributed by atoms with Crippen molar-refractivity contribution >= 4 is 35.1 Å². The van der Waals surface area contributed by atoms with Gasteiger partial charge in [0.05, 0.1) is 30.5 Å². The third kappa shape index (κ3) is 7.25. The van der Waals surface area contributed by atoms with Crippen molar-refractivity contribution in [3.8, 4) is 5.75 Å². The Kier molecular flexibility index (Phi) is 9.99. The number of hydrogen-bond acceptors (Lipinski definition) is 5. The molecule has 0 aliphatic carbocycles. The zero-order chi connectivity index (χ0) is 29.2. The molecule has 0 fully saturated rings. The van der Waals surface area contributed by atoms with Gasteiger partial charge in [0.1, 0.15) is 5.75 Å². The van der Waals surface area contributed by atoms with Gasteiger partial charge >= 0.3 is 18.0 Å². The van der Waals surface area contributed by atoms with Crippen molar-refractivity contribution in [2.75, 3.05) is 30.4 Å². The standard InChI is InChI=1S/C32H36N4O5/c1-4-7-20-36-29(22-12-9-8-10-13-22)27(30(37)41-6-3)28(35-32(36)39)23-14-11-15-25(21-23)34-31(38)33-24-16-18-26(19-17-24)40-5-2/h8-19,21,28H,4-7,20H2,1-3H3,(H,35,39)(H2,33,34,38). The highest BCUT2D eigenvalue weighted by Gasteiger charge is 2.38. The fourth-order valence-corrected chi connectivity index (χ4v) is 4.66. The molecule has 3 N–H and O–H groups in total. The van der Waals surface area contributed by atoms with Crippen LogP contribution in [0.2, 0.25) is 0 Å². The van der Waals surface area contributed by atoms with Crippen molar-refractivity contribution in [2.45, 2.75) is 39.7 Å². The van der Waals surface area contributed by atoms with E-state index in [0.717, 1.165) is 18.4 Å². The number of urea groups is 2. The quantitative estimate of drug-likeness (QED) is 0.232. The summed E-state index contributed by atoms with van der Waals surface area (Å²) >= 11 is 0. The fourth-order valence-electron chi connectivity index (χ4n) is 4.66. The highest BCUT2D eigenvalue weighted by atomic mass is 16.5. The smallest absolute Gasteiger partial charge is 0.338 e. The van der Waals surface area contributed by atoms with Gasteiger partial charge in [-0.25, -0.2) is 14.4 Å². The minimum Gasteiger partial charge on any atom is -0.494 e. The Balaban J connectivity index is 1.67. The number of carbonyl (C=O) groups is 3. The van der Waals surface area contributed by atoms with Crippen LogP contribution in [0.3, 0.4) is 0 Å². The maximum absolute atomic E-state index is 13.5. The molecule has 9 heteroatoms. The Hall–Kier alpha value is -4.79. The number of unbranched alkanes of at least 4 members (excludes halogenated alkanes) is 1. The summed E-state index contributed by atoms with van der Waals surface area (Å²) in [5, 5.41) is 8.64. The first-order valence-corrected chi connectivity index (χ1v) is 13.9. The number of benzene rings is 3. The first kappa shape index (κ1) is 29.2. The van der Waals surface area contributed by atoms with Crippen LogP contribution >= 0.6 is 0 Å². The van der Waals surface area contributed by atoms with Crippen molar-refractivity contribution in [3.63, 3.8) is 0 Å². The zero-order valence-electron chi connectivity index (χ0n) is 23.6. The van der Waals surface area contributed by atoms with Gasteiger partial charge in [0.15, 0.2) is 0 Å². The van der Waals surface area contributed by atoms with E-state index in [2.05, 4.69) is 16.0 Å². The maximum Gasteiger partial charge on any atom is 0.338 e. The monoisotopic (exact) mass is 556 g/mol. The summed E-state index contributed by atoms with van der Waals surface area (Å²) in [5.74, 6) is 0.207. The Morgan fingerprint density at radius 2 is 1.61 bits per heavy atom. The highest BCUT2D eigenvalue weighted by Crippen LogP contribution is 2.37. The van der Waals surface area contributed by atoms with Crippen LogP contribution < -0.4 is 20.7 Å². The van der Waals surface area contributed by atoms with Gasteiger partial charge < -0.3 is 25.4 Å². The van der Waals surface area contributed by atoms with Crippen LogP contribution in [0.4, 0.5) is 21.0 Å². The minimum atomic E-state index is -0.787. The van der Waals surface area contributed by atoms with Gasteiger partial charge in [-0.15, -0.1) is 0 Å². The van der Waals surface area contributed by atoms with Gasteiger partial charge in [-0.05, 0) is 67.8 Å². The largest absolute Gasteiger partial charge is 0.494 e. The second kappa shape index (κ2) is 14.0. The number of ether oxygens (including phenoxy) is 2. The molecule has 0 radical (unpaired) electrons. The molecule has 3 aromatic rings. The number of nitrogens with one attached hydrogen (secondary N) is 3. The predicted molar refractivity (Wildman–Crippen MR) is 160 cm³/mol. The summed E-state index contributed by atoms with van der Waals surface area (Å²) in [6, 6.07) is 22.0. The van der Waals surface area contributed by atoms with Crippen LogP contribution in [0.15, 0.2) is 84.4 Å². The number of amides is 4. The Morgan fingerprint density at radius 3 is 2.29 bits per heavy atom. The molecule has 9 nitrogen and oxygen atoms in total. The molecule has 0 saturated carbocycles. The lowest BCUT2D eigenvalue weighted by molar-refractivity contribution is -0.138. The van der Waals surface area contributed by atoms with Crippen LogP contribution in [0, 0.1) is 0 Å². The lowest BCUT2D eigenvalue weighted by Gasteiger charge is -2.37. The first-order valence-electron chi connectivity index (χ1n) is 13.9. The molecule has 4 amide bonds. The molecule has 41 heavy (non-hydrogen) atoms. The van der Waals surface area contributed by atoms with Crippen LogP contribution in [-0.4, -0.2) is 42.7 Å². The van der Waals surface area contributed by atoms with Gasteiger partial charge in [0.2, 0.25) is 0 Å². The van der Waals surface area contributed by atoms with E-state index in [-0.39, 0.29) is 12.6 Å². The third-order valence-electron chi connectivity index (χ3n) is 6.51. The summed E-state index contributed by atoms with van der Waals surface area (Å²) in [7, 11) is 0. The molecule has 1 unspecified atom stereocenters. The van der Waals surface area contributed by atoms with E-state index in [1.54, 1.807) is 54.3 Å². The number of hydrogen-bond donors (Lipinski definition) is 3. The summed E-state index contributed by atoms with van der Waals surface area (Å²) < 4.78 is 10.9. The lowest BCUT2D eigenvalue weighted by atomic mass is 9.91. The molecule has 0 bridgehead atoms. The number of anilines is 2. The topological polar surface area (TPSA) is 109 Å². The maximum atomic E-state index is 13.5. The Labute approximate surface area is 240 Å². The molecule has 1 atom stereocenters. The molecule has 0 spiro atoms. The molecule has 1 aliphatic heterocycles. The van der Waals surface area contributed by atoms with Crippen LogP contribution in [0.5, 0.6) is 5.75 Å². The second-order valence-corrected chi connectivity index (χ2v) is 9.40. The lowest BCUT2D eigenvalue weighted by Crippen LogP contribution is -2.48. The summed E-state index contributed by atoms with van der Waals surface area (Å²) in [4.78, 5) is 41.3. The minimum absolute atomic E-state index is 0.188. The summed E-state index contributed by atoms with van der Waals surface area (Å²) in [5.41, 5.74) is 3.34. The van der Waals surface area contributed by atoms with Crippen molar-refractivity contribution in [1.29, 1.82) is 0 Å². The van der Waals surface area contributed by atoms with Gasteiger partial charge in [0.25, 0.3) is 0 Å². The molecule has 0 aromatic heterocycles. The van der Waals surface area contributed by atoms with Crippen molar-refractivity contribution < 1.29 is 23.9 Å². The second-order valence-electron chi connectivity index (χ2n) is 9.40. The molecule has 3 aromatic carbocycles. The van der Waals surface area contributed by atoms with Crippen molar-refractivity contribution in [3.05, 3.63) is 95.6 Å². The molecule has 1 heterocycles. The van der Waals surface area contributed by atoms with E-state index >= 15 is 0 Å². The highest BCUT2D eigenvalue weighted by molar-refractivity contribution is 6.05. The third-order valence-corrected chi connectivity index (χ3v) is 6.51. The molecule has 4 rings (SSSR count). The van der Waals surface area contributed by atoms with Gasteiger partial charge in [-0.2, -0.15) is 0 Å². The van der Waals surface area contributed by atoms with E-state index in [1.807, 2.05) is 50.2 Å². The Morgan fingerprint density at radius 1 is 0.878 bits per heavy atom. The number of esters is 1. The van der Waals surface area contributed by atoms with Gasteiger partial charge in [0, 0.05) is 17.9 Å². The van der Waals surface area contributed by atoms with E-state index in [1.165, 1.54) is 0 Å². The van der Waals surface area contributed by atoms with E-state index < -0.39 is 18.0 Å². The molecule has 214 valence electrons. The molecule has 1 aliphatic rings. The van der Waals surface area contributed by atoms with Crippen LogP contribution in [-0.2, 0) is 9.53 Å². The zero-order valence-corrected chi connectivity index (χ0v) is 23.6. The molecular weight excluding hydrogens is 520 g/mol. The van der Waals surface area contributed by atoms with Crippen LogP contribution in [0.25, 0.3) is 5.70 Å².